The number of hydrogen-bond acceptors (Lipinski definition) is 4. The molecular weight excluding hydrogens is 320 g/mol. The summed E-state index contributed by atoms with van der Waals surface area (Å²) in [6.45, 7) is 2.25. The second-order valence-corrected chi connectivity index (χ2v) is 6.30. The molecule has 0 radical (unpaired) electrons. The third-order valence-electron chi connectivity index (χ3n) is 4.30. The van der Waals surface area contributed by atoms with E-state index in [1.54, 1.807) is 18.3 Å². The fourth-order valence-electron chi connectivity index (χ4n) is 2.71. The number of nitrogens with zero attached hydrogens (tertiary/aromatic N) is 1. The molecule has 1 heterocycles. The largest absolute Gasteiger partial charge is 0.487 e. The Labute approximate surface area is 145 Å². The van der Waals surface area contributed by atoms with E-state index >= 15 is 0 Å². The standard InChI is InChI=1S/C19H20N2O4/c1-12-5-6-17(10-20-12)25-11-13-3-2-4-14(7-13)18(22)21-16-8-15(9-16)19(23)24/h2-7,10,15-16H,8-9,11H2,1H3,(H,21,22)(H,23,24). The zero-order chi connectivity index (χ0) is 17.8. The first-order chi connectivity index (χ1) is 12.0. The zero-order valence-corrected chi connectivity index (χ0v) is 13.9. The maximum Gasteiger partial charge on any atom is 0.306 e. The molecule has 2 N–H and O–H groups in total. The molecule has 0 atom stereocenters. The Morgan fingerprint density at radius 2 is 2.08 bits per heavy atom. The number of aromatic nitrogens is 1. The van der Waals surface area contributed by atoms with Crippen LogP contribution in [-0.4, -0.2) is 28.0 Å². The Balaban J connectivity index is 1.54. The summed E-state index contributed by atoms with van der Waals surface area (Å²) in [4.78, 5) is 27.3. The lowest BCUT2D eigenvalue weighted by Gasteiger charge is -2.32. The van der Waals surface area contributed by atoms with Crippen molar-refractivity contribution < 1.29 is 19.4 Å². The number of carboxylic acid groups (broad SMARTS) is 1. The van der Waals surface area contributed by atoms with Crippen molar-refractivity contribution in [2.24, 2.45) is 5.92 Å². The average molecular weight is 340 g/mol. The number of aryl methyl sites for hydroxylation is 1. The van der Waals surface area contributed by atoms with Crippen molar-refractivity contribution in [2.75, 3.05) is 0 Å². The maximum absolute atomic E-state index is 12.3. The summed E-state index contributed by atoms with van der Waals surface area (Å²) in [6.07, 6.45) is 2.65. The van der Waals surface area contributed by atoms with Crippen LogP contribution < -0.4 is 10.1 Å². The second kappa shape index (κ2) is 7.34. The topological polar surface area (TPSA) is 88.5 Å². The number of amides is 1. The second-order valence-electron chi connectivity index (χ2n) is 6.30. The molecule has 6 heteroatoms. The summed E-state index contributed by atoms with van der Waals surface area (Å²) in [5, 5.41) is 11.7. The highest BCUT2D eigenvalue weighted by molar-refractivity contribution is 5.94. The first-order valence-corrected chi connectivity index (χ1v) is 8.19. The highest BCUT2D eigenvalue weighted by Crippen LogP contribution is 2.27. The number of pyridine rings is 1. The number of carboxylic acids is 1. The van der Waals surface area contributed by atoms with Gasteiger partial charge in [-0.25, -0.2) is 0 Å². The van der Waals surface area contributed by atoms with Crippen molar-refractivity contribution in [1.29, 1.82) is 0 Å². The summed E-state index contributed by atoms with van der Waals surface area (Å²) in [5.74, 6) is -0.647. The van der Waals surface area contributed by atoms with Crippen LogP contribution in [0.3, 0.4) is 0 Å². The molecule has 0 spiro atoms. The van der Waals surface area contributed by atoms with E-state index in [-0.39, 0.29) is 17.9 Å². The van der Waals surface area contributed by atoms with Crippen molar-refractivity contribution >= 4 is 11.9 Å². The molecule has 6 nitrogen and oxygen atoms in total. The summed E-state index contributed by atoms with van der Waals surface area (Å²) < 4.78 is 5.68. The van der Waals surface area contributed by atoms with Crippen LogP contribution in [0, 0.1) is 12.8 Å². The van der Waals surface area contributed by atoms with Crippen LogP contribution in [0.25, 0.3) is 0 Å². The highest BCUT2D eigenvalue weighted by atomic mass is 16.5. The van der Waals surface area contributed by atoms with Crippen LogP contribution in [-0.2, 0) is 11.4 Å². The van der Waals surface area contributed by atoms with Crippen LogP contribution in [0.15, 0.2) is 42.6 Å². The summed E-state index contributed by atoms with van der Waals surface area (Å²) in [5.41, 5.74) is 2.35. The normalized spacial score (nSPS) is 18.9. The summed E-state index contributed by atoms with van der Waals surface area (Å²) >= 11 is 0. The van der Waals surface area contributed by atoms with Crippen LogP contribution in [0.1, 0.15) is 34.5 Å². The number of benzene rings is 1. The quantitative estimate of drug-likeness (QED) is 0.844. The van der Waals surface area contributed by atoms with E-state index in [4.69, 9.17) is 9.84 Å². The molecule has 1 aromatic heterocycles. The van der Waals surface area contributed by atoms with Gasteiger partial charge in [0.2, 0.25) is 0 Å². The minimum Gasteiger partial charge on any atom is -0.487 e. The highest BCUT2D eigenvalue weighted by Gasteiger charge is 2.35. The molecule has 1 aliphatic rings. The van der Waals surface area contributed by atoms with Crippen LogP contribution in [0.5, 0.6) is 5.75 Å². The Kier molecular flexibility index (Phi) is 4.97. The van der Waals surface area contributed by atoms with E-state index in [0.29, 0.717) is 30.8 Å². The van der Waals surface area contributed by atoms with Gasteiger partial charge in [0.25, 0.3) is 5.91 Å². The number of aliphatic carboxylic acids is 1. The van der Waals surface area contributed by atoms with Gasteiger partial charge in [-0.05, 0) is 49.6 Å². The Bertz CT molecular complexity index is 767. The lowest BCUT2D eigenvalue weighted by atomic mass is 9.80. The van der Waals surface area contributed by atoms with Gasteiger partial charge >= 0.3 is 5.97 Å². The van der Waals surface area contributed by atoms with E-state index in [1.165, 1.54) is 0 Å². The van der Waals surface area contributed by atoms with E-state index in [0.717, 1.165) is 11.3 Å². The monoisotopic (exact) mass is 340 g/mol. The van der Waals surface area contributed by atoms with E-state index in [9.17, 15) is 9.59 Å². The first-order valence-electron chi connectivity index (χ1n) is 8.19. The average Bonchev–Trinajstić information content (AvgIpc) is 2.57. The molecule has 0 unspecified atom stereocenters. The van der Waals surface area contributed by atoms with Gasteiger partial charge in [0.1, 0.15) is 12.4 Å². The molecule has 1 aliphatic carbocycles. The van der Waals surface area contributed by atoms with Crippen LogP contribution >= 0.6 is 0 Å². The van der Waals surface area contributed by atoms with Crippen molar-refractivity contribution in [3.05, 3.63) is 59.4 Å². The number of rotatable bonds is 6. The minimum absolute atomic E-state index is 0.0628. The minimum atomic E-state index is -0.796. The predicted molar refractivity (Wildman–Crippen MR) is 91.4 cm³/mol. The molecule has 3 rings (SSSR count). The molecule has 0 saturated heterocycles. The third kappa shape index (κ3) is 4.35. The first kappa shape index (κ1) is 17.0. The van der Waals surface area contributed by atoms with Gasteiger partial charge in [0.15, 0.2) is 0 Å². The Hall–Kier alpha value is -2.89. The number of carbonyl (C=O) groups excluding carboxylic acids is 1. The molecular formula is C19H20N2O4. The molecule has 0 bridgehead atoms. The van der Waals surface area contributed by atoms with Gasteiger partial charge in [-0.2, -0.15) is 0 Å². The molecule has 1 aromatic carbocycles. The molecule has 0 aliphatic heterocycles. The number of ether oxygens (including phenoxy) is 1. The molecule has 130 valence electrons. The predicted octanol–water partition coefficient (Wildman–Crippen LogP) is 2.56. The van der Waals surface area contributed by atoms with E-state index in [1.807, 2.05) is 31.2 Å². The lowest BCUT2D eigenvalue weighted by Crippen LogP contribution is -2.46. The van der Waals surface area contributed by atoms with Crippen molar-refractivity contribution in [1.82, 2.24) is 10.3 Å². The van der Waals surface area contributed by atoms with Crippen LogP contribution in [0.4, 0.5) is 0 Å². The van der Waals surface area contributed by atoms with Crippen LogP contribution in [0.2, 0.25) is 0 Å². The molecule has 25 heavy (non-hydrogen) atoms. The fourth-order valence-corrected chi connectivity index (χ4v) is 2.71. The van der Waals surface area contributed by atoms with Gasteiger partial charge in [-0.15, -0.1) is 0 Å². The molecule has 1 amide bonds. The number of nitrogens with one attached hydrogen (secondary N) is 1. The van der Waals surface area contributed by atoms with E-state index in [2.05, 4.69) is 10.3 Å². The Morgan fingerprint density at radius 3 is 2.76 bits per heavy atom. The third-order valence-corrected chi connectivity index (χ3v) is 4.30. The van der Waals surface area contributed by atoms with Gasteiger partial charge in [-0.3, -0.25) is 14.6 Å². The number of hydrogen-bond donors (Lipinski definition) is 2. The van der Waals surface area contributed by atoms with Crippen molar-refractivity contribution in [2.45, 2.75) is 32.4 Å². The van der Waals surface area contributed by atoms with Gasteiger partial charge in [-0.1, -0.05) is 12.1 Å². The Morgan fingerprint density at radius 1 is 1.28 bits per heavy atom. The van der Waals surface area contributed by atoms with Gasteiger partial charge in [0, 0.05) is 17.3 Å². The molecule has 1 saturated carbocycles. The van der Waals surface area contributed by atoms with Gasteiger partial charge in [0.05, 0.1) is 12.1 Å². The lowest BCUT2D eigenvalue weighted by molar-refractivity contribution is -0.145. The fraction of sp³-hybridized carbons (Fsp3) is 0.316. The van der Waals surface area contributed by atoms with Crippen molar-refractivity contribution in [3.63, 3.8) is 0 Å². The van der Waals surface area contributed by atoms with Gasteiger partial charge < -0.3 is 15.2 Å². The summed E-state index contributed by atoms with van der Waals surface area (Å²) in [6, 6.07) is 10.9. The maximum atomic E-state index is 12.3. The van der Waals surface area contributed by atoms with E-state index < -0.39 is 5.97 Å². The molecule has 1 fully saturated rings. The smallest absolute Gasteiger partial charge is 0.306 e. The SMILES string of the molecule is Cc1ccc(OCc2cccc(C(=O)NC3CC(C(=O)O)C3)c2)cn1. The summed E-state index contributed by atoms with van der Waals surface area (Å²) in [7, 11) is 0. The zero-order valence-electron chi connectivity index (χ0n) is 13.9. The molecule has 2 aromatic rings. The van der Waals surface area contributed by atoms with Crippen molar-refractivity contribution in [3.8, 4) is 5.75 Å². The number of carbonyl (C=O) groups is 2.